The third kappa shape index (κ3) is 5.20. The highest BCUT2D eigenvalue weighted by atomic mass is 32.2. The summed E-state index contributed by atoms with van der Waals surface area (Å²) in [6.45, 7) is 0.608. The summed E-state index contributed by atoms with van der Waals surface area (Å²) in [5.74, 6) is -0.879. The van der Waals surface area contributed by atoms with Gasteiger partial charge in [-0.1, -0.05) is 6.07 Å². The molecule has 0 aliphatic heterocycles. The van der Waals surface area contributed by atoms with Gasteiger partial charge in [0, 0.05) is 22.5 Å². The van der Waals surface area contributed by atoms with E-state index in [1.807, 2.05) is 17.5 Å². The molecule has 21 heavy (non-hydrogen) atoms. The third-order valence-electron chi connectivity index (χ3n) is 2.59. The normalized spacial score (nSPS) is 10.3. The molecule has 2 N–H and O–H groups in total. The van der Waals surface area contributed by atoms with Crippen LogP contribution >= 0.6 is 23.1 Å². The Labute approximate surface area is 130 Å². The van der Waals surface area contributed by atoms with Crippen molar-refractivity contribution in [1.29, 1.82) is 0 Å². The van der Waals surface area contributed by atoms with Gasteiger partial charge in [-0.3, -0.25) is 4.79 Å². The fourth-order valence-electron chi connectivity index (χ4n) is 1.60. The predicted molar refractivity (Wildman–Crippen MR) is 83.0 cm³/mol. The fraction of sp³-hybridized carbons (Fsp3) is 0.214. The number of carbonyl (C=O) groups is 2. The Kier molecular flexibility index (Phi) is 5.77. The first-order valence-corrected chi connectivity index (χ1v) is 8.13. The number of nitrogens with zero attached hydrogens (tertiary/aromatic N) is 1. The van der Waals surface area contributed by atoms with Gasteiger partial charge in [0.15, 0.2) is 0 Å². The van der Waals surface area contributed by atoms with Gasteiger partial charge in [-0.25, -0.2) is 9.78 Å². The molecule has 0 bridgehead atoms. The summed E-state index contributed by atoms with van der Waals surface area (Å²) in [5.41, 5.74) is -0.0156. The zero-order chi connectivity index (χ0) is 15.1. The Morgan fingerprint density at radius 3 is 2.95 bits per heavy atom. The van der Waals surface area contributed by atoms with E-state index in [-0.39, 0.29) is 17.4 Å². The van der Waals surface area contributed by atoms with Crippen LogP contribution in [-0.4, -0.2) is 34.3 Å². The summed E-state index contributed by atoms with van der Waals surface area (Å²) in [4.78, 5) is 28.2. The van der Waals surface area contributed by atoms with Crippen LogP contribution in [0.1, 0.15) is 15.4 Å². The molecule has 0 atom stereocenters. The molecule has 110 valence electrons. The lowest BCUT2D eigenvalue weighted by Crippen LogP contribution is -2.27. The van der Waals surface area contributed by atoms with Gasteiger partial charge in [0.25, 0.3) is 0 Å². The van der Waals surface area contributed by atoms with E-state index in [0.717, 1.165) is 11.3 Å². The van der Waals surface area contributed by atoms with E-state index in [2.05, 4.69) is 10.3 Å². The number of carboxylic acids is 1. The van der Waals surface area contributed by atoms with Gasteiger partial charge in [0.05, 0.1) is 5.75 Å². The van der Waals surface area contributed by atoms with Crippen molar-refractivity contribution in [2.24, 2.45) is 0 Å². The second-order valence-electron chi connectivity index (χ2n) is 4.15. The Hall–Kier alpha value is -1.86. The first kappa shape index (κ1) is 15.5. The summed E-state index contributed by atoms with van der Waals surface area (Å²) in [6.07, 6.45) is 2.26. The van der Waals surface area contributed by atoms with Crippen molar-refractivity contribution >= 4 is 35.0 Å². The third-order valence-corrected chi connectivity index (χ3v) is 4.52. The molecule has 2 aromatic heterocycles. The van der Waals surface area contributed by atoms with E-state index in [1.165, 1.54) is 28.9 Å². The average molecular weight is 322 g/mol. The molecule has 0 saturated carbocycles. The Morgan fingerprint density at radius 2 is 2.24 bits per heavy atom. The van der Waals surface area contributed by atoms with Gasteiger partial charge < -0.3 is 10.4 Å². The smallest absolute Gasteiger partial charge is 0.354 e. The van der Waals surface area contributed by atoms with E-state index < -0.39 is 5.97 Å². The van der Waals surface area contributed by atoms with Crippen LogP contribution in [0.15, 0.2) is 40.7 Å². The Balaban J connectivity index is 1.73. The molecular formula is C14H14N2O3S2. The Bertz CT molecular complexity index is 614. The monoisotopic (exact) mass is 322 g/mol. The molecule has 1 amide bonds. The first-order valence-electron chi connectivity index (χ1n) is 6.26. The van der Waals surface area contributed by atoms with Crippen molar-refractivity contribution in [1.82, 2.24) is 10.3 Å². The van der Waals surface area contributed by atoms with Gasteiger partial charge in [0.1, 0.15) is 5.69 Å². The molecule has 0 unspecified atom stereocenters. The number of pyridine rings is 1. The molecule has 0 aliphatic carbocycles. The molecule has 0 saturated heterocycles. The van der Waals surface area contributed by atoms with E-state index >= 15 is 0 Å². The van der Waals surface area contributed by atoms with Gasteiger partial charge in [-0.15, -0.1) is 23.1 Å². The number of hydrogen-bond donors (Lipinski definition) is 2. The lowest BCUT2D eigenvalue weighted by atomic mass is 10.3. The summed E-state index contributed by atoms with van der Waals surface area (Å²) in [5, 5.41) is 13.7. The van der Waals surface area contributed by atoms with E-state index in [0.29, 0.717) is 6.54 Å². The lowest BCUT2D eigenvalue weighted by molar-refractivity contribution is -0.118. The molecule has 7 heteroatoms. The fourth-order valence-corrected chi connectivity index (χ4v) is 3.06. The molecule has 2 rings (SSSR count). The van der Waals surface area contributed by atoms with Gasteiger partial charge in [-0.05, 0) is 30.0 Å². The number of aromatic nitrogens is 1. The minimum absolute atomic E-state index is 0.0156. The van der Waals surface area contributed by atoms with Crippen LogP contribution in [0.4, 0.5) is 0 Å². The number of nitrogens with one attached hydrogen (secondary N) is 1. The van der Waals surface area contributed by atoms with E-state index in [9.17, 15) is 9.59 Å². The second-order valence-corrected chi connectivity index (χ2v) is 6.23. The van der Waals surface area contributed by atoms with E-state index in [1.54, 1.807) is 17.4 Å². The molecule has 0 fully saturated rings. The number of hydrogen-bond acceptors (Lipinski definition) is 5. The SMILES string of the molecule is O=C(CSc1ccnc(C(=O)O)c1)NCCc1cccs1. The number of amides is 1. The van der Waals surface area contributed by atoms with Crippen molar-refractivity contribution < 1.29 is 14.7 Å². The number of carbonyl (C=O) groups excluding carboxylic acids is 1. The highest BCUT2D eigenvalue weighted by Crippen LogP contribution is 2.17. The molecule has 0 radical (unpaired) electrons. The van der Waals surface area contributed by atoms with Crippen molar-refractivity contribution in [3.8, 4) is 0 Å². The van der Waals surface area contributed by atoms with Gasteiger partial charge >= 0.3 is 5.97 Å². The molecular weight excluding hydrogens is 308 g/mol. The van der Waals surface area contributed by atoms with Gasteiger partial charge in [0.2, 0.25) is 5.91 Å². The number of thiophene rings is 1. The quantitative estimate of drug-likeness (QED) is 0.765. The van der Waals surface area contributed by atoms with Crippen LogP contribution in [0, 0.1) is 0 Å². The Morgan fingerprint density at radius 1 is 1.38 bits per heavy atom. The van der Waals surface area contributed by atoms with E-state index in [4.69, 9.17) is 5.11 Å². The highest BCUT2D eigenvalue weighted by molar-refractivity contribution is 8.00. The van der Waals surface area contributed by atoms with Crippen molar-refractivity contribution in [3.05, 3.63) is 46.4 Å². The van der Waals surface area contributed by atoms with Crippen molar-refractivity contribution in [2.75, 3.05) is 12.3 Å². The second kappa shape index (κ2) is 7.80. The van der Waals surface area contributed by atoms with Crippen LogP contribution in [0.25, 0.3) is 0 Å². The van der Waals surface area contributed by atoms with Crippen molar-refractivity contribution in [3.63, 3.8) is 0 Å². The molecule has 5 nitrogen and oxygen atoms in total. The average Bonchev–Trinajstić information content (AvgIpc) is 2.99. The lowest BCUT2D eigenvalue weighted by Gasteiger charge is -2.04. The zero-order valence-electron chi connectivity index (χ0n) is 11.1. The predicted octanol–water partition coefficient (Wildman–Crippen LogP) is 2.29. The molecule has 0 aromatic carbocycles. The van der Waals surface area contributed by atoms with Crippen LogP contribution in [0.3, 0.4) is 0 Å². The number of thioether (sulfide) groups is 1. The number of aromatic carboxylic acids is 1. The van der Waals surface area contributed by atoms with Crippen molar-refractivity contribution in [2.45, 2.75) is 11.3 Å². The molecule has 0 spiro atoms. The first-order chi connectivity index (χ1) is 10.1. The number of carboxylic acid groups (broad SMARTS) is 1. The van der Waals surface area contributed by atoms with Crippen LogP contribution < -0.4 is 5.32 Å². The minimum atomic E-state index is -1.07. The van der Waals surface area contributed by atoms with Crippen LogP contribution in [-0.2, 0) is 11.2 Å². The highest BCUT2D eigenvalue weighted by Gasteiger charge is 2.07. The maximum Gasteiger partial charge on any atom is 0.354 e. The maximum atomic E-state index is 11.7. The number of rotatable bonds is 7. The molecule has 2 heterocycles. The summed E-state index contributed by atoms with van der Waals surface area (Å²) < 4.78 is 0. The molecule has 0 aliphatic rings. The summed E-state index contributed by atoms with van der Waals surface area (Å²) in [6, 6.07) is 7.18. The minimum Gasteiger partial charge on any atom is -0.477 e. The zero-order valence-corrected chi connectivity index (χ0v) is 12.7. The molecule has 2 aromatic rings. The summed E-state index contributed by atoms with van der Waals surface area (Å²) in [7, 11) is 0. The summed E-state index contributed by atoms with van der Waals surface area (Å²) >= 11 is 2.97. The standard InChI is InChI=1S/C14H14N2O3S2/c17-13(16-6-3-10-2-1-7-20-10)9-21-11-4-5-15-12(8-11)14(18)19/h1-2,4-5,7-8H,3,6,9H2,(H,16,17)(H,18,19). The maximum absolute atomic E-state index is 11.7. The largest absolute Gasteiger partial charge is 0.477 e. The van der Waals surface area contributed by atoms with Crippen LogP contribution in [0.2, 0.25) is 0 Å². The van der Waals surface area contributed by atoms with Crippen LogP contribution in [0.5, 0.6) is 0 Å². The van der Waals surface area contributed by atoms with Gasteiger partial charge in [-0.2, -0.15) is 0 Å². The topological polar surface area (TPSA) is 79.3 Å².